The summed E-state index contributed by atoms with van der Waals surface area (Å²) in [6, 6.07) is 3.71. The molecule has 0 aliphatic carbocycles. The molecular weight excluding hydrogens is 283 g/mol. The van der Waals surface area contributed by atoms with E-state index in [9.17, 15) is 18.0 Å². The molecule has 6 heteroatoms. The Morgan fingerprint density at radius 2 is 1.90 bits per heavy atom. The summed E-state index contributed by atoms with van der Waals surface area (Å²) in [6.45, 7) is 1.82. The largest absolute Gasteiger partial charge is 0.440 e. The lowest BCUT2D eigenvalue weighted by Gasteiger charge is -2.32. The van der Waals surface area contributed by atoms with Gasteiger partial charge in [0.05, 0.1) is 10.9 Å². The average molecular weight is 297 g/mol. The Hall–Kier alpha value is -1.98. The lowest BCUT2D eigenvalue weighted by Crippen LogP contribution is -2.40. The van der Waals surface area contributed by atoms with Crippen molar-refractivity contribution in [2.75, 3.05) is 18.0 Å². The monoisotopic (exact) mass is 297 g/mol. The third kappa shape index (κ3) is 2.50. The van der Waals surface area contributed by atoms with Crippen LogP contribution in [-0.4, -0.2) is 19.0 Å². The van der Waals surface area contributed by atoms with Crippen LogP contribution in [0.4, 0.5) is 19.1 Å². The van der Waals surface area contributed by atoms with Crippen LogP contribution in [0.2, 0.25) is 0 Å². The van der Waals surface area contributed by atoms with E-state index in [1.165, 1.54) is 12.1 Å². The van der Waals surface area contributed by atoms with E-state index in [0.717, 1.165) is 6.07 Å². The Morgan fingerprint density at radius 3 is 2.57 bits per heavy atom. The Labute approximate surface area is 119 Å². The predicted molar refractivity (Wildman–Crippen MR) is 73.6 cm³/mol. The summed E-state index contributed by atoms with van der Waals surface area (Å²) < 4.78 is 45.3. The summed E-state index contributed by atoms with van der Waals surface area (Å²) >= 11 is 0. The van der Waals surface area contributed by atoms with Gasteiger partial charge < -0.3 is 9.32 Å². The second-order valence-corrected chi connectivity index (χ2v) is 5.34. The van der Waals surface area contributed by atoms with Crippen LogP contribution >= 0.6 is 0 Å². The number of alkyl halides is 2. The molecule has 0 bridgehead atoms. The summed E-state index contributed by atoms with van der Waals surface area (Å²) in [5, 5.41) is 0.165. The molecule has 112 valence electrons. The molecule has 1 fully saturated rings. The van der Waals surface area contributed by atoms with Crippen LogP contribution in [0.25, 0.3) is 11.0 Å². The van der Waals surface area contributed by atoms with Gasteiger partial charge >= 0.3 is 0 Å². The molecule has 1 aromatic carbocycles. The molecule has 2 aromatic rings. The van der Waals surface area contributed by atoms with Crippen LogP contribution < -0.4 is 10.3 Å². The van der Waals surface area contributed by atoms with Crippen LogP contribution in [0.1, 0.15) is 18.4 Å². The van der Waals surface area contributed by atoms with Crippen LogP contribution in [0.15, 0.2) is 27.4 Å². The van der Waals surface area contributed by atoms with Crippen molar-refractivity contribution in [1.29, 1.82) is 0 Å². The van der Waals surface area contributed by atoms with E-state index in [4.69, 9.17) is 4.42 Å². The number of piperidine rings is 1. The van der Waals surface area contributed by atoms with Crippen LogP contribution in [-0.2, 0) is 0 Å². The fourth-order valence-corrected chi connectivity index (χ4v) is 2.59. The fraction of sp³-hybridized carbons (Fsp3) is 0.400. The third-order valence-corrected chi connectivity index (χ3v) is 3.84. The maximum absolute atomic E-state index is 13.2. The van der Waals surface area contributed by atoms with E-state index in [2.05, 4.69) is 0 Å². The first kappa shape index (κ1) is 14.0. The minimum absolute atomic E-state index is 0.128. The zero-order chi connectivity index (χ0) is 15.2. The van der Waals surface area contributed by atoms with Gasteiger partial charge in [0, 0.05) is 25.9 Å². The molecule has 1 aliphatic heterocycles. The van der Waals surface area contributed by atoms with Gasteiger partial charge in [-0.3, -0.25) is 4.79 Å². The van der Waals surface area contributed by atoms with Gasteiger partial charge in [0.2, 0.25) is 5.88 Å². The molecule has 0 atom stereocenters. The summed E-state index contributed by atoms with van der Waals surface area (Å²) in [5.74, 6) is -2.88. The zero-order valence-corrected chi connectivity index (χ0v) is 11.5. The Balaban J connectivity index is 2.06. The number of halogens is 3. The SMILES string of the molecule is Cc1c(N2CCC(F)(F)CC2)oc2ccc(F)cc2c1=O. The van der Waals surface area contributed by atoms with E-state index < -0.39 is 11.7 Å². The van der Waals surface area contributed by atoms with Crippen molar-refractivity contribution in [3.05, 3.63) is 39.8 Å². The van der Waals surface area contributed by atoms with E-state index >= 15 is 0 Å². The minimum Gasteiger partial charge on any atom is -0.440 e. The number of rotatable bonds is 1. The number of fused-ring (bicyclic) bond motifs is 1. The first-order chi connectivity index (χ1) is 9.87. The van der Waals surface area contributed by atoms with Gasteiger partial charge in [-0.2, -0.15) is 0 Å². The smallest absolute Gasteiger partial charge is 0.251 e. The molecular formula is C15H14F3NO2. The number of hydrogen-bond donors (Lipinski definition) is 0. The van der Waals surface area contributed by atoms with Crippen LogP contribution in [0.3, 0.4) is 0 Å². The molecule has 0 N–H and O–H groups in total. The van der Waals surface area contributed by atoms with Gasteiger partial charge in [-0.1, -0.05) is 0 Å². The molecule has 1 aromatic heterocycles. The molecule has 0 spiro atoms. The van der Waals surface area contributed by atoms with Gasteiger partial charge in [-0.05, 0) is 25.1 Å². The number of anilines is 1. The van der Waals surface area contributed by atoms with Crippen molar-refractivity contribution in [2.24, 2.45) is 0 Å². The second kappa shape index (κ2) is 4.79. The minimum atomic E-state index is -2.66. The molecule has 0 unspecified atom stereocenters. The van der Waals surface area contributed by atoms with E-state index in [0.29, 0.717) is 11.4 Å². The fourth-order valence-electron chi connectivity index (χ4n) is 2.59. The topological polar surface area (TPSA) is 33.5 Å². The lowest BCUT2D eigenvalue weighted by atomic mass is 10.1. The average Bonchev–Trinajstić information content (AvgIpc) is 2.44. The highest BCUT2D eigenvalue weighted by Crippen LogP contribution is 2.32. The highest BCUT2D eigenvalue weighted by molar-refractivity contribution is 5.79. The van der Waals surface area contributed by atoms with Crippen molar-refractivity contribution >= 4 is 16.9 Å². The Bertz CT molecular complexity index is 744. The van der Waals surface area contributed by atoms with Crippen molar-refractivity contribution < 1.29 is 17.6 Å². The zero-order valence-electron chi connectivity index (χ0n) is 11.5. The van der Waals surface area contributed by atoms with Gasteiger partial charge in [-0.15, -0.1) is 0 Å². The van der Waals surface area contributed by atoms with E-state index in [1.54, 1.807) is 11.8 Å². The maximum Gasteiger partial charge on any atom is 0.251 e. The van der Waals surface area contributed by atoms with Crippen molar-refractivity contribution in [1.82, 2.24) is 0 Å². The third-order valence-electron chi connectivity index (χ3n) is 3.84. The molecule has 0 amide bonds. The molecule has 3 rings (SSSR count). The number of benzene rings is 1. The number of hydrogen-bond acceptors (Lipinski definition) is 3. The second-order valence-electron chi connectivity index (χ2n) is 5.34. The molecule has 1 aliphatic rings. The van der Waals surface area contributed by atoms with Gasteiger partial charge in [-0.25, -0.2) is 13.2 Å². The number of nitrogens with zero attached hydrogens (tertiary/aromatic N) is 1. The molecule has 0 saturated carbocycles. The lowest BCUT2D eigenvalue weighted by molar-refractivity contribution is -0.0225. The first-order valence-corrected chi connectivity index (χ1v) is 6.73. The van der Waals surface area contributed by atoms with E-state index in [1.807, 2.05) is 0 Å². The quantitative estimate of drug-likeness (QED) is 0.808. The Kier molecular flexibility index (Phi) is 3.19. The molecule has 1 saturated heterocycles. The molecule has 0 radical (unpaired) electrons. The van der Waals surface area contributed by atoms with Crippen molar-refractivity contribution in [2.45, 2.75) is 25.7 Å². The molecule has 21 heavy (non-hydrogen) atoms. The normalized spacial score (nSPS) is 18.2. The maximum atomic E-state index is 13.2. The highest BCUT2D eigenvalue weighted by atomic mass is 19.3. The predicted octanol–water partition coefficient (Wildman–Crippen LogP) is 3.48. The van der Waals surface area contributed by atoms with Crippen molar-refractivity contribution in [3.8, 4) is 0 Å². The van der Waals surface area contributed by atoms with Crippen LogP contribution in [0.5, 0.6) is 0 Å². The summed E-state index contributed by atoms with van der Waals surface area (Å²) in [6.07, 6.45) is -0.533. The molecule has 3 nitrogen and oxygen atoms in total. The summed E-state index contributed by atoms with van der Waals surface area (Å²) in [4.78, 5) is 13.9. The van der Waals surface area contributed by atoms with Crippen molar-refractivity contribution in [3.63, 3.8) is 0 Å². The summed E-state index contributed by atoms with van der Waals surface area (Å²) in [5.41, 5.74) is 0.251. The van der Waals surface area contributed by atoms with Crippen LogP contribution in [0, 0.1) is 12.7 Å². The van der Waals surface area contributed by atoms with Gasteiger partial charge in [0.1, 0.15) is 11.4 Å². The molecule has 2 heterocycles. The Morgan fingerprint density at radius 1 is 1.24 bits per heavy atom. The standard InChI is InChI=1S/C15H14F3NO2/c1-9-13(20)11-8-10(16)2-3-12(11)21-14(9)19-6-4-15(17,18)5-7-19/h2-3,8H,4-7H2,1H3. The van der Waals surface area contributed by atoms with E-state index in [-0.39, 0.29) is 42.3 Å². The van der Waals surface area contributed by atoms with Gasteiger partial charge in [0.15, 0.2) is 5.43 Å². The highest BCUT2D eigenvalue weighted by Gasteiger charge is 2.35. The van der Waals surface area contributed by atoms with Gasteiger partial charge in [0.25, 0.3) is 5.92 Å². The summed E-state index contributed by atoms with van der Waals surface area (Å²) in [7, 11) is 0. The first-order valence-electron chi connectivity index (χ1n) is 6.73.